The van der Waals surface area contributed by atoms with Crippen LogP contribution in [0.15, 0.2) is 48.1 Å². The minimum atomic E-state index is -0.755. The largest absolute Gasteiger partial charge is 0.491 e. The highest BCUT2D eigenvalue weighted by Crippen LogP contribution is 2.40. The molecule has 6 heteroatoms. The normalized spacial score (nSPS) is 26.5. The van der Waals surface area contributed by atoms with Gasteiger partial charge in [0.25, 0.3) is 0 Å². The van der Waals surface area contributed by atoms with Crippen molar-refractivity contribution in [3.8, 4) is 5.75 Å². The number of hydrogen-bond acceptors (Lipinski definition) is 5. The lowest BCUT2D eigenvalue weighted by molar-refractivity contribution is -0.142. The number of rotatable bonds is 12. The van der Waals surface area contributed by atoms with Crippen LogP contribution < -0.4 is 4.74 Å². The van der Waals surface area contributed by atoms with E-state index < -0.39 is 18.2 Å². The van der Waals surface area contributed by atoms with Gasteiger partial charge < -0.3 is 24.8 Å². The number of aryl methyl sites for hydroxylation is 1. The number of aliphatic carboxylic acids is 1. The second-order valence-electron chi connectivity index (χ2n) is 9.79. The average molecular weight is 473 g/mol. The molecule has 0 aromatic heterocycles. The number of carboxylic acids is 1. The van der Waals surface area contributed by atoms with Crippen molar-refractivity contribution in [2.24, 2.45) is 17.8 Å². The molecule has 3 N–H and O–H groups in total. The van der Waals surface area contributed by atoms with Crippen molar-refractivity contribution in [2.45, 2.75) is 77.1 Å². The van der Waals surface area contributed by atoms with Gasteiger partial charge in [-0.15, -0.1) is 0 Å². The molecule has 188 valence electrons. The highest BCUT2D eigenvalue weighted by molar-refractivity contribution is 5.69. The predicted molar refractivity (Wildman–Crippen MR) is 132 cm³/mol. The van der Waals surface area contributed by atoms with Gasteiger partial charge in [-0.25, -0.2) is 0 Å². The number of fused-ring (bicyclic) bond motifs is 1. The average Bonchev–Trinajstić information content (AvgIpc) is 2.97. The van der Waals surface area contributed by atoms with Gasteiger partial charge in [-0.3, -0.25) is 4.79 Å². The maximum absolute atomic E-state index is 11.4. The van der Waals surface area contributed by atoms with Crippen molar-refractivity contribution >= 4 is 5.97 Å². The Kier molecular flexibility index (Phi) is 10.2. The summed E-state index contributed by atoms with van der Waals surface area (Å²) in [5, 5.41) is 30.3. The fraction of sp³-hybridized carbons (Fsp3) is 0.607. The first-order valence-corrected chi connectivity index (χ1v) is 12.6. The minimum Gasteiger partial charge on any atom is -0.491 e. The van der Waals surface area contributed by atoms with Crippen molar-refractivity contribution in [3.05, 3.63) is 53.6 Å². The first-order chi connectivity index (χ1) is 16.4. The van der Waals surface area contributed by atoms with Crippen molar-refractivity contribution in [3.63, 3.8) is 0 Å². The van der Waals surface area contributed by atoms with Crippen molar-refractivity contribution in [2.75, 3.05) is 13.2 Å². The molecule has 0 spiro atoms. The molecule has 0 radical (unpaired) electrons. The Balaban J connectivity index is 1.50. The van der Waals surface area contributed by atoms with Gasteiger partial charge >= 0.3 is 5.97 Å². The first kappa shape index (κ1) is 26.5. The van der Waals surface area contributed by atoms with Gasteiger partial charge in [0, 0.05) is 12.3 Å². The number of benzene rings is 1. The number of aliphatic hydroxyl groups excluding tert-OH is 2. The Morgan fingerprint density at radius 2 is 2.15 bits per heavy atom. The molecule has 2 aliphatic rings. The third kappa shape index (κ3) is 7.69. The van der Waals surface area contributed by atoms with Crippen LogP contribution in [0.3, 0.4) is 0 Å². The molecule has 1 aliphatic heterocycles. The standard InChI is InChI=1S/C28H40O6/c1-3-6-21(28(31)32)9-5-8-20-11-13-25-24(26(30)16-27(25)34-17-20)14-12-22(29)18-33-23-10-4-7-19(2)15-23/h4,7,10-12,14-15,21-22,24-27,29-30H,3,5-6,8-9,13,16-18H2,1-2H3,(H,31,32)/t21?,22-,24-,25-,26-,27+/m1/s1. The zero-order chi connectivity index (χ0) is 24.5. The summed E-state index contributed by atoms with van der Waals surface area (Å²) in [6.45, 7) is 4.72. The summed E-state index contributed by atoms with van der Waals surface area (Å²) in [6.07, 6.45) is 10.0. The maximum atomic E-state index is 11.4. The zero-order valence-electron chi connectivity index (χ0n) is 20.4. The van der Waals surface area contributed by atoms with Crippen LogP contribution in [-0.2, 0) is 9.53 Å². The second-order valence-corrected chi connectivity index (χ2v) is 9.79. The number of ether oxygens (including phenoxy) is 2. The van der Waals surface area contributed by atoms with Crippen LogP contribution in [0.25, 0.3) is 0 Å². The van der Waals surface area contributed by atoms with Crippen LogP contribution in [0.2, 0.25) is 0 Å². The fourth-order valence-corrected chi connectivity index (χ4v) is 5.14. The van der Waals surface area contributed by atoms with Gasteiger partial charge in [-0.2, -0.15) is 0 Å². The van der Waals surface area contributed by atoms with Crippen molar-refractivity contribution < 1.29 is 29.6 Å². The molecule has 1 aromatic rings. The van der Waals surface area contributed by atoms with E-state index in [-0.39, 0.29) is 30.5 Å². The number of carbonyl (C=O) groups is 1. The summed E-state index contributed by atoms with van der Waals surface area (Å²) in [4.78, 5) is 11.4. The molecule has 6 nitrogen and oxygen atoms in total. The summed E-state index contributed by atoms with van der Waals surface area (Å²) in [7, 11) is 0. The summed E-state index contributed by atoms with van der Waals surface area (Å²) >= 11 is 0. The fourth-order valence-electron chi connectivity index (χ4n) is 5.14. The van der Waals surface area contributed by atoms with Gasteiger partial charge in [0.05, 0.1) is 24.7 Å². The molecule has 6 atom stereocenters. The zero-order valence-corrected chi connectivity index (χ0v) is 20.4. The molecular weight excluding hydrogens is 432 g/mol. The third-order valence-electron chi connectivity index (χ3n) is 7.05. The molecule has 1 unspecified atom stereocenters. The molecule has 1 heterocycles. The molecule has 0 bridgehead atoms. The van der Waals surface area contributed by atoms with E-state index in [1.54, 1.807) is 6.08 Å². The van der Waals surface area contributed by atoms with E-state index >= 15 is 0 Å². The van der Waals surface area contributed by atoms with E-state index in [0.717, 1.165) is 43.4 Å². The van der Waals surface area contributed by atoms with Crippen LogP contribution in [0.5, 0.6) is 5.75 Å². The monoisotopic (exact) mass is 472 g/mol. The van der Waals surface area contributed by atoms with Crippen LogP contribution in [0.4, 0.5) is 0 Å². The molecule has 0 saturated heterocycles. The van der Waals surface area contributed by atoms with Gasteiger partial charge in [-0.1, -0.05) is 43.7 Å². The maximum Gasteiger partial charge on any atom is 0.306 e. The number of hydrogen-bond donors (Lipinski definition) is 3. The summed E-state index contributed by atoms with van der Waals surface area (Å²) in [6, 6.07) is 7.72. The van der Waals surface area contributed by atoms with Crippen LogP contribution >= 0.6 is 0 Å². The Bertz CT molecular complexity index is 847. The quantitative estimate of drug-likeness (QED) is 0.383. The molecule has 1 aliphatic carbocycles. The summed E-state index contributed by atoms with van der Waals surface area (Å²) in [5.41, 5.74) is 2.32. The SMILES string of the molecule is CCCC(CCCC1=CC[C@@H]2[C@@H](C=C[C@@H](O)COc3cccc(C)c3)[C@H](O)C[C@@H]2OC1)C(=O)O. The summed E-state index contributed by atoms with van der Waals surface area (Å²) < 4.78 is 11.8. The Hall–Kier alpha value is -2.15. The second kappa shape index (κ2) is 13.1. The van der Waals surface area contributed by atoms with E-state index in [0.29, 0.717) is 19.4 Å². The van der Waals surface area contributed by atoms with Crippen LogP contribution in [0.1, 0.15) is 57.4 Å². The number of aliphatic hydroxyl groups is 2. The lowest BCUT2D eigenvalue weighted by atomic mass is 9.89. The Morgan fingerprint density at radius 3 is 2.88 bits per heavy atom. The highest BCUT2D eigenvalue weighted by Gasteiger charge is 2.42. The Morgan fingerprint density at radius 1 is 1.32 bits per heavy atom. The van der Waals surface area contributed by atoms with E-state index in [9.17, 15) is 20.1 Å². The smallest absolute Gasteiger partial charge is 0.306 e. The number of allylic oxidation sites excluding steroid dienone is 1. The van der Waals surface area contributed by atoms with E-state index in [4.69, 9.17) is 9.47 Å². The Labute approximate surface area is 203 Å². The van der Waals surface area contributed by atoms with Crippen LogP contribution in [-0.4, -0.2) is 52.8 Å². The lowest BCUT2D eigenvalue weighted by Gasteiger charge is -2.20. The van der Waals surface area contributed by atoms with Crippen molar-refractivity contribution in [1.29, 1.82) is 0 Å². The van der Waals surface area contributed by atoms with E-state index in [1.165, 1.54) is 5.57 Å². The third-order valence-corrected chi connectivity index (χ3v) is 7.05. The van der Waals surface area contributed by atoms with Crippen molar-refractivity contribution in [1.82, 2.24) is 0 Å². The first-order valence-electron chi connectivity index (χ1n) is 12.6. The lowest BCUT2D eigenvalue weighted by Crippen LogP contribution is -2.22. The molecule has 1 fully saturated rings. The van der Waals surface area contributed by atoms with E-state index in [1.807, 2.05) is 44.2 Å². The van der Waals surface area contributed by atoms with Gasteiger partial charge in [-0.05, 0) is 68.2 Å². The van der Waals surface area contributed by atoms with Gasteiger partial charge in [0.15, 0.2) is 0 Å². The van der Waals surface area contributed by atoms with Gasteiger partial charge in [0.2, 0.25) is 0 Å². The minimum absolute atomic E-state index is 0.00838. The molecule has 34 heavy (non-hydrogen) atoms. The van der Waals surface area contributed by atoms with Gasteiger partial charge in [0.1, 0.15) is 18.5 Å². The molecular formula is C28H40O6. The molecule has 0 amide bonds. The number of carboxylic acid groups (broad SMARTS) is 1. The van der Waals surface area contributed by atoms with Crippen LogP contribution in [0, 0.1) is 24.7 Å². The van der Waals surface area contributed by atoms with E-state index in [2.05, 4.69) is 6.08 Å². The topological polar surface area (TPSA) is 96.2 Å². The molecule has 1 saturated carbocycles. The summed E-state index contributed by atoms with van der Waals surface area (Å²) in [5.74, 6) is -0.136. The predicted octanol–water partition coefficient (Wildman–Crippen LogP) is 4.67. The highest BCUT2D eigenvalue weighted by atomic mass is 16.5. The molecule has 1 aromatic carbocycles. The molecule has 3 rings (SSSR count).